The van der Waals surface area contributed by atoms with Crippen LogP contribution in [0.4, 0.5) is 0 Å². The van der Waals surface area contributed by atoms with Gasteiger partial charge in [-0.2, -0.15) is 0 Å². The Balaban J connectivity index is 2.65. The maximum atomic E-state index is 10.5. The van der Waals surface area contributed by atoms with Crippen molar-refractivity contribution in [1.29, 1.82) is 0 Å². The predicted octanol–water partition coefficient (Wildman–Crippen LogP) is 0.693. The van der Waals surface area contributed by atoms with Crippen molar-refractivity contribution in [3.8, 4) is 0 Å². The zero-order valence-corrected chi connectivity index (χ0v) is 5.30. The number of ketones is 1. The number of allylic oxidation sites excluding steroid dienone is 1. The van der Waals surface area contributed by atoms with Gasteiger partial charge in [-0.25, -0.2) is 0 Å². The van der Waals surface area contributed by atoms with Crippen LogP contribution < -0.4 is 0 Å². The van der Waals surface area contributed by atoms with E-state index in [1.807, 2.05) is 0 Å². The van der Waals surface area contributed by atoms with Crippen molar-refractivity contribution in [3.63, 3.8) is 0 Å². The number of hydrogen-bond donors (Lipinski definition) is 0. The Morgan fingerprint density at radius 3 is 3.44 bits per heavy atom. The van der Waals surface area contributed by atoms with Crippen molar-refractivity contribution >= 4 is 17.7 Å². The molecule has 0 aromatic rings. The van der Waals surface area contributed by atoms with Gasteiger partial charge in [0, 0.05) is 11.2 Å². The molecule has 0 N–H and O–H groups in total. The van der Waals surface area contributed by atoms with Crippen molar-refractivity contribution in [3.05, 3.63) is 17.5 Å². The topological polar surface area (TPSA) is 55.5 Å². The molecular formula is C4H4N2O2S. The molecule has 0 saturated heterocycles. The maximum absolute atomic E-state index is 10.5. The van der Waals surface area contributed by atoms with Crippen molar-refractivity contribution in [2.45, 2.75) is 0 Å². The minimum Gasteiger partial charge on any atom is -0.586 e. The van der Waals surface area contributed by atoms with Crippen molar-refractivity contribution < 1.29 is 9.06 Å². The smallest absolute Gasteiger partial charge is 0.210 e. The largest absolute Gasteiger partial charge is 0.586 e. The molecule has 1 rings (SSSR count). The number of hydrogen-bond acceptors (Lipinski definition) is 4. The summed E-state index contributed by atoms with van der Waals surface area (Å²) in [5.41, 5.74) is 0. The minimum absolute atomic E-state index is 0.0814. The number of carbonyl (C=O) groups is 1. The lowest BCUT2D eigenvalue weighted by atomic mass is 10.4. The molecule has 0 aromatic heterocycles. The first-order chi connectivity index (χ1) is 4.29. The molecule has 9 heavy (non-hydrogen) atoms. The third kappa shape index (κ3) is 1.85. The van der Waals surface area contributed by atoms with Gasteiger partial charge in [-0.05, 0) is 4.27 Å². The summed E-state index contributed by atoms with van der Waals surface area (Å²) in [4.78, 5) is 10.5. The molecule has 0 saturated carbocycles. The van der Waals surface area contributed by atoms with Crippen LogP contribution in [0.3, 0.4) is 0 Å². The van der Waals surface area contributed by atoms with Gasteiger partial charge in [0.15, 0.2) is 5.78 Å². The summed E-state index contributed by atoms with van der Waals surface area (Å²) in [6.45, 7) is 0. The molecule has 0 aromatic carbocycles. The van der Waals surface area contributed by atoms with Gasteiger partial charge < -0.3 is 5.21 Å². The average Bonchev–Trinajstić information content (AvgIpc) is 1.97. The van der Waals surface area contributed by atoms with Crippen LogP contribution in [0.2, 0.25) is 0 Å². The molecule has 0 atom stereocenters. The molecule has 4 nitrogen and oxygen atoms in total. The van der Waals surface area contributed by atoms with Gasteiger partial charge in [0.2, 0.25) is 11.9 Å². The highest BCUT2D eigenvalue weighted by atomic mass is 32.2. The highest BCUT2D eigenvalue weighted by Gasteiger charge is 2.07. The predicted molar refractivity (Wildman–Crippen MR) is 32.7 cm³/mol. The van der Waals surface area contributed by atoms with E-state index >= 15 is 0 Å². The summed E-state index contributed by atoms with van der Waals surface area (Å²) < 4.78 is 0.418. The van der Waals surface area contributed by atoms with Crippen LogP contribution >= 0.6 is 11.9 Å². The fourth-order valence-electron chi connectivity index (χ4n) is 0.371. The summed E-state index contributed by atoms with van der Waals surface area (Å²) >= 11 is 0.846. The van der Waals surface area contributed by atoms with E-state index in [1.165, 1.54) is 12.3 Å². The van der Waals surface area contributed by atoms with Gasteiger partial charge in [0.25, 0.3) is 0 Å². The third-order valence-corrected chi connectivity index (χ3v) is 1.47. The van der Waals surface area contributed by atoms with Crippen LogP contribution in [0, 0.1) is 5.21 Å². The number of nitrogens with zero attached hydrogens (tertiary/aromatic N) is 2. The lowest BCUT2D eigenvalue weighted by Crippen LogP contribution is -1.96. The van der Waals surface area contributed by atoms with Crippen LogP contribution in [0.15, 0.2) is 17.4 Å². The van der Waals surface area contributed by atoms with Gasteiger partial charge in [-0.15, -0.1) is 0 Å². The first-order valence-electron chi connectivity index (χ1n) is 2.29. The molecule has 0 radical (unpaired) electrons. The first-order valence-corrected chi connectivity index (χ1v) is 3.23. The van der Waals surface area contributed by atoms with Gasteiger partial charge in [0.1, 0.15) is 12.0 Å². The highest BCUT2D eigenvalue weighted by Crippen LogP contribution is 2.05. The highest BCUT2D eigenvalue weighted by molar-refractivity contribution is 7.94. The summed E-state index contributed by atoms with van der Waals surface area (Å²) in [5.74, 6) is 0.103. The van der Waals surface area contributed by atoms with Crippen LogP contribution in [0.25, 0.3) is 0 Å². The lowest BCUT2D eigenvalue weighted by Gasteiger charge is -1.88. The van der Waals surface area contributed by atoms with Gasteiger partial charge in [-0.1, -0.05) is 0 Å². The summed E-state index contributed by atoms with van der Waals surface area (Å²) in [6, 6.07) is 0. The standard InChI is InChI=1S/C4H4N2O2S/c7-4-1-2-5-6(8)9-3-4/h1-2H,3H2. The Kier molecular flexibility index (Phi) is 1.84. The Labute approximate surface area is 56.0 Å². The Bertz CT molecular complexity index is 187. The molecule has 0 aliphatic carbocycles. The van der Waals surface area contributed by atoms with E-state index in [0.717, 1.165) is 11.9 Å². The Morgan fingerprint density at radius 2 is 2.67 bits per heavy atom. The van der Waals surface area contributed by atoms with Gasteiger partial charge in [0.05, 0.1) is 0 Å². The normalized spacial score (nSPS) is 19.1. The molecule has 0 unspecified atom stereocenters. The SMILES string of the molecule is O=C1C=CN=[N+]([O-])SC1. The monoisotopic (exact) mass is 144 g/mol. The summed E-state index contributed by atoms with van der Waals surface area (Å²) in [7, 11) is 0. The van der Waals surface area contributed by atoms with E-state index in [4.69, 9.17) is 0 Å². The summed E-state index contributed by atoms with van der Waals surface area (Å²) in [5, 5.41) is 13.7. The Hall–Kier alpha value is -0.840. The van der Waals surface area contributed by atoms with Gasteiger partial charge in [-0.3, -0.25) is 4.79 Å². The zero-order valence-electron chi connectivity index (χ0n) is 4.48. The van der Waals surface area contributed by atoms with Crippen LogP contribution in [0.1, 0.15) is 0 Å². The average molecular weight is 144 g/mol. The second kappa shape index (κ2) is 2.63. The number of rotatable bonds is 0. The van der Waals surface area contributed by atoms with Gasteiger partial charge >= 0.3 is 0 Å². The molecule has 48 valence electrons. The quantitative estimate of drug-likeness (QED) is 0.285. The van der Waals surface area contributed by atoms with Crippen LogP contribution in [0.5, 0.6) is 0 Å². The van der Waals surface area contributed by atoms with Crippen molar-refractivity contribution in [2.24, 2.45) is 5.11 Å². The molecule has 1 aliphatic rings. The van der Waals surface area contributed by atoms with E-state index in [0.29, 0.717) is 4.27 Å². The van der Waals surface area contributed by atoms with Crippen molar-refractivity contribution in [1.82, 2.24) is 0 Å². The maximum Gasteiger partial charge on any atom is 0.210 e. The second-order valence-electron chi connectivity index (χ2n) is 1.41. The number of carbonyl (C=O) groups excluding carboxylic acids is 1. The molecule has 5 heteroatoms. The van der Waals surface area contributed by atoms with E-state index in [2.05, 4.69) is 5.11 Å². The van der Waals surface area contributed by atoms with Crippen LogP contribution in [-0.2, 0) is 4.79 Å². The molecule has 1 heterocycles. The molecule has 0 bridgehead atoms. The van der Waals surface area contributed by atoms with Crippen LogP contribution in [-0.4, -0.2) is 15.8 Å². The lowest BCUT2D eigenvalue weighted by molar-refractivity contribution is -0.341. The van der Waals surface area contributed by atoms with E-state index in [-0.39, 0.29) is 11.5 Å². The molecule has 1 aliphatic heterocycles. The van der Waals surface area contributed by atoms with E-state index in [1.54, 1.807) is 0 Å². The first kappa shape index (κ1) is 6.28. The van der Waals surface area contributed by atoms with Crippen molar-refractivity contribution in [2.75, 3.05) is 5.75 Å². The molecule has 0 amide bonds. The second-order valence-corrected chi connectivity index (χ2v) is 2.27. The summed E-state index contributed by atoms with van der Waals surface area (Å²) in [6.07, 6.45) is 2.49. The molecular weight excluding hydrogens is 140 g/mol. The molecule has 0 fully saturated rings. The molecule has 0 spiro atoms. The fourth-order valence-corrected chi connectivity index (χ4v) is 0.826. The zero-order chi connectivity index (χ0) is 6.69. The Morgan fingerprint density at radius 1 is 1.89 bits per heavy atom. The van der Waals surface area contributed by atoms with E-state index in [9.17, 15) is 10.0 Å². The minimum atomic E-state index is -0.0814. The fraction of sp³-hybridized carbons (Fsp3) is 0.250. The van der Waals surface area contributed by atoms with E-state index < -0.39 is 0 Å². The third-order valence-electron chi connectivity index (χ3n) is 0.739.